The first-order valence-corrected chi connectivity index (χ1v) is 8.70. The summed E-state index contributed by atoms with van der Waals surface area (Å²) in [6.07, 6.45) is 5.82. The Morgan fingerprint density at radius 2 is 1.81 bits per heavy atom. The lowest BCUT2D eigenvalue weighted by Crippen LogP contribution is -2.52. The fourth-order valence-corrected chi connectivity index (χ4v) is 3.62. The van der Waals surface area contributed by atoms with Crippen molar-refractivity contribution in [3.63, 3.8) is 0 Å². The average molecular weight is 314 g/mol. The first-order chi connectivity index (χ1) is 9.96. The Bertz CT molecular complexity index is 347. The third kappa shape index (κ3) is 4.92. The van der Waals surface area contributed by atoms with Crippen molar-refractivity contribution in [3.8, 4) is 0 Å². The van der Waals surface area contributed by atoms with Gasteiger partial charge in [-0.3, -0.25) is 4.79 Å². The van der Waals surface area contributed by atoms with Crippen LogP contribution >= 0.6 is 12.2 Å². The molecule has 5 heteroatoms. The second kappa shape index (κ2) is 8.69. The molecule has 1 rings (SSSR count). The molecule has 0 aromatic rings. The summed E-state index contributed by atoms with van der Waals surface area (Å²) in [5, 5.41) is 3.15. The maximum absolute atomic E-state index is 12.8. The van der Waals surface area contributed by atoms with E-state index < -0.39 is 5.41 Å². The third-order valence-electron chi connectivity index (χ3n) is 4.37. The van der Waals surface area contributed by atoms with E-state index in [0.717, 1.165) is 45.3 Å². The Hall–Kier alpha value is -0.680. The molecule has 0 aliphatic carbocycles. The highest BCUT2D eigenvalue weighted by molar-refractivity contribution is 7.80. The first-order valence-electron chi connectivity index (χ1n) is 8.29. The highest BCUT2D eigenvalue weighted by Gasteiger charge is 2.40. The van der Waals surface area contributed by atoms with Gasteiger partial charge in [-0.15, -0.1) is 0 Å². The van der Waals surface area contributed by atoms with Crippen LogP contribution in [0.15, 0.2) is 0 Å². The lowest BCUT2D eigenvalue weighted by molar-refractivity contribution is -0.129. The zero-order valence-corrected chi connectivity index (χ0v) is 14.6. The van der Waals surface area contributed by atoms with Crippen molar-refractivity contribution in [3.05, 3.63) is 0 Å². The van der Waals surface area contributed by atoms with Gasteiger partial charge < -0.3 is 16.0 Å². The number of thiocarbonyl (C=S) groups is 1. The molecule has 4 nitrogen and oxygen atoms in total. The van der Waals surface area contributed by atoms with E-state index in [-0.39, 0.29) is 11.9 Å². The van der Waals surface area contributed by atoms with Crippen LogP contribution in [0.1, 0.15) is 59.3 Å². The molecule has 1 amide bonds. The third-order valence-corrected chi connectivity index (χ3v) is 4.76. The maximum atomic E-state index is 12.8. The molecule has 1 atom stereocenters. The van der Waals surface area contributed by atoms with Gasteiger partial charge in [0.1, 0.15) is 0 Å². The number of likely N-dealkylation sites (tertiary alicyclic amines) is 1. The number of amides is 1. The monoisotopic (exact) mass is 313 g/mol. The van der Waals surface area contributed by atoms with Crippen molar-refractivity contribution in [2.45, 2.75) is 65.3 Å². The van der Waals surface area contributed by atoms with Crippen molar-refractivity contribution in [2.24, 2.45) is 11.1 Å². The quantitative estimate of drug-likeness (QED) is 0.642. The molecule has 0 aromatic heterocycles. The van der Waals surface area contributed by atoms with E-state index in [9.17, 15) is 4.79 Å². The highest BCUT2D eigenvalue weighted by atomic mass is 32.1. The smallest absolute Gasteiger partial charge is 0.233 e. The molecule has 0 spiro atoms. The zero-order valence-electron chi connectivity index (χ0n) is 13.8. The molecule has 1 aliphatic heterocycles. The van der Waals surface area contributed by atoms with Crippen LogP contribution in [-0.2, 0) is 4.79 Å². The normalized spacial score (nSPS) is 17.7. The minimum absolute atomic E-state index is 0.0189. The van der Waals surface area contributed by atoms with Crippen LogP contribution in [0.2, 0.25) is 0 Å². The second-order valence-corrected chi connectivity index (χ2v) is 6.77. The van der Waals surface area contributed by atoms with E-state index in [0.29, 0.717) is 4.99 Å². The molecule has 1 fully saturated rings. The van der Waals surface area contributed by atoms with Gasteiger partial charge in [-0.1, -0.05) is 38.9 Å². The number of carbonyl (C=O) groups excluding carboxylic acids is 1. The standard InChI is InChI=1S/C16H31N3OS/c1-4-8-16(9-5-2,14(17)21)15(20)18-13(3)12-19-10-6-7-11-19/h13H,4-12H2,1-3H3,(H2,17,21)(H,18,20). The summed E-state index contributed by atoms with van der Waals surface area (Å²) in [6.45, 7) is 9.41. The highest BCUT2D eigenvalue weighted by Crippen LogP contribution is 2.31. The van der Waals surface area contributed by atoms with Crippen molar-refractivity contribution >= 4 is 23.1 Å². The van der Waals surface area contributed by atoms with Crippen LogP contribution in [-0.4, -0.2) is 41.5 Å². The van der Waals surface area contributed by atoms with Crippen LogP contribution < -0.4 is 11.1 Å². The van der Waals surface area contributed by atoms with Gasteiger partial charge in [0.2, 0.25) is 5.91 Å². The molecule has 0 radical (unpaired) electrons. The molecular formula is C16H31N3OS. The lowest BCUT2D eigenvalue weighted by Gasteiger charge is -2.33. The van der Waals surface area contributed by atoms with Crippen LogP contribution in [0.4, 0.5) is 0 Å². The van der Waals surface area contributed by atoms with E-state index in [1.54, 1.807) is 0 Å². The van der Waals surface area contributed by atoms with Crippen LogP contribution in [0.25, 0.3) is 0 Å². The number of hydrogen-bond acceptors (Lipinski definition) is 3. The van der Waals surface area contributed by atoms with Gasteiger partial charge in [0.25, 0.3) is 0 Å². The van der Waals surface area contributed by atoms with Crippen molar-refractivity contribution in [2.75, 3.05) is 19.6 Å². The number of carbonyl (C=O) groups is 1. The predicted octanol–water partition coefficient (Wildman–Crippen LogP) is 2.46. The molecular weight excluding hydrogens is 282 g/mol. The topological polar surface area (TPSA) is 58.4 Å². The number of nitrogens with two attached hydrogens (primary N) is 1. The molecule has 3 N–H and O–H groups in total. The molecule has 0 aromatic carbocycles. The molecule has 0 saturated carbocycles. The minimum atomic E-state index is -0.669. The average Bonchev–Trinajstić information content (AvgIpc) is 2.90. The summed E-state index contributed by atoms with van der Waals surface area (Å²) in [4.78, 5) is 15.5. The van der Waals surface area contributed by atoms with Crippen LogP contribution in [0.5, 0.6) is 0 Å². The molecule has 0 bridgehead atoms. The van der Waals surface area contributed by atoms with Gasteiger partial charge in [0, 0.05) is 12.6 Å². The van der Waals surface area contributed by atoms with Gasteiger partial charge in [0.15, 0.2) is 0 Å². The fraction of sp³-hybridized carbons (Fsp3) is 0.875. The molecule has 21 heavy (non-hydrogen) atoms. The van der Waals surface area contributed by atoms with E-state index in [1.165, 1.54) is 12.8 Å². The van der Waals surface area contributed by atoms with E-state index >= 15 is 0 Å². The van der Waals surface area contributed by atoms with E-state index in [4.69, 9.17) is 18.0 Å². The molecule has 1 unspecified atom stereocenters. The number of nitrogens with one attached hydrogen (secondary N) is 1. The van der Waals surface area contributed by atoms with Gasteiger partial charge in [0.05, 0.1) is 10.4 Å². The van der Waals surface area contributed by atoms with Gasteiger partial charge >= 0.3 is 0 Å². The molecule has 1 heterocycles. The minimum Gasteiger partial charge on any atom is -0.392 e. The van der Waals surface area contributed by atoms with E-state index in [2.05, 4.69) is 31.0 Å². The van der Waals surface area contributed by atoms with E-state index in [1.807, 2.05) is 0 Å². The molecule has 1 saturated heterocycles. The Morgan fingerprint density at radius 1 is 1.29 bits per heavy atom. The molecule has 122 valence electrons. The van der Waals surface area contributed by atoms with Crippen LogP contribution in [0.3, 0.4) is 0 Å². The maximum Gasteiger partial charge on any atom is 0.233 e. The second-order valence-electron chi connectivity index (χ2n) is 6.33. The van der Waals surface area contributed by atoms with Gasteiger partial charge in [-0.25, -0.2) is 0 Å². The lowest BCUT2D eigenvalue weighted by atomic mass is 9.78. The Balaban J connectivity index is 2.67. The number of hydrogen-bond donors (Lipinski definition) is 2. The number of nitrogens with zero attached hydrogens (tertiary/aromatic N) is 1. The summed E-state index contributed by atoms with van der Waals surface area (Å²) in [7, 11) is 0. The number of rotatable bonds is 9. The van der Waals surface area contributed by atoms with Crippen molar-refractivity contribution in [1.29, 1.82) is 0 Å². The van der Waals surface area contributed by atoms with Crippen molar-refractivity contribution < 1.29 is 4.79 Å². The first kappa shape index (κ1) is 18.4. The summed E-state index contributed by atoms with van der Waals surface area (Å²) < 4.78 is 0. The van der Waals surface area contributed by atoms with Crippen molar-refractivity contribution in [1.82, 2.24) is 10.2 Å². The van der Waals surface area contributed by atoms with Crippen LogP contribution in [0, 0.1) is 5.41 Å². The summed E-state index contributed by atoms with van der Waals surface area (Å²) >= 11 is 5.24. The predicted molar refractivity (Wildman–Crippen MR) is 92.3 cm³/mol. The zero-order chi connectivity index (χ0) is 15.9. The Morgan fingerprint density at radius 3 is 2.24 bits per heavy atom. The van der Waals surface area contributed by atoms with Gasteiger partial charge in [-0.2, -0.15) is 0 Å². The largest absolute Gasteiger partial charge is 0.392 e. The SMILES string of the molecule is CCCC(CCC)(C(=O)NC(C)CN1CCCC1)C(N)=S. The Kier molecular flexibility index (Phi) is 7.60. The Labute approximate surface area is 134 Å². The van der Waals surface area contributed by atoms with Gasteiger partial charge in [-0.05, 0) is 45.7 Å². The summed E-state index contributed by atoms with van der Waals surface area (Å²) in [5.74, 6) is 0.0189. The summed E-state index contributed by atoms with van der Waals surface area (Å²) in [6, 6.07) is 0.137. The molecule has 1 aliphatic rings. The summed E-state index contributed by atoms with van der Waals surface area (Å²) in [5.41, 5.74) is 5.28. The fourth-order valence-electron chi connectivity index (χ4n) is 3.32.